The van der Waals surface area contributed by atoms with Crippen molar-refractivity contribution in [2.45, 2.75) is 12.3 Å². The summed E-state index contributed by atoms with van der Waals surface area (Å²) in [6.45, 7) is 4.24. The lowest BCUT2D eigenvalue weighted by molar-refractivity contribution is -0.301. The molecule has 0 bridgehead atoms. The minimum atomic E-state index is -1.09. The smallest absolute Gasteiger partial charge is 0.330 e. The molecule has 6 nitrogen and oxygen atoms in total. The summed E-state index contributed by atoms with van der Waals surface area (Å²) in [5.74, 6) is -0.849. The molecule has 0 saturated carbocycles. The van der Waals surface area contributed by atoms with Gasteiger partial charge in [0.15, 0.2) is 0 Å². The SMILES string of the molecule is C=CC(=O)OCCCN(C)C(OC)(OC)c1ccccc1OC. The molecule has 1 rings (SSSR count). The maximum atomic E-state index is 11.1. The van der Waals surface area contributed by atoms with E-state index in [4.69, 9.17) is 18.9 Å². The van der Waals surface area contributed by atoms with Gasteiger partial charge in [-0.3, -0.25) is 4.90 Å². The lowest BCUT2D eigenvalue weighted by Gasteiger charge is -2.39. The lowest BCUT2D eigenvalue weighted by atomic mass is 10.1. The van der Waals surface area contributed by atoms with E-state index in [1.165, 1.54) is 0 Å². The second kappa shape index (κ2) is 9.29. The molecule has 1 aromatic carbocycles. The molecule has 0 saturated heterocycles. The van der Waals surface area contributed by atoms with Crippen molar-refractivity contribution in [1.29, 1.82) is 0 Å². The normalized spacial score (nSPS) is 11.3. The third-order valence-corrected chi connectivity index (χ3v) is 3.55. The van der Waals surface area contributed by atoms with Crippen LogP contribution in [0.4, 0.5) is 0 Å². The van der Waals surface area contributed by atoms with Gasteiger partial charge in [-0.15, -0.1) is 0 Å². The van der Waals surface area contributed by atoms with Gasteiger partial charge in [0.25, 0.3) is 5.91 Å². The van der Waals surface area contributed by atoms with Gasteiger partial charge in [-0.1, -0.05) is 18.7 Å². The van der Waals surface area contributed by atoms with Crippen LogP contribution in [0.25, 0.3) is 0 Å². The first-order chi connectivity index (χ1) is 11.1. The van der Waals surface area contributed by atoms with Gasteiger partial charge < -0.3 is 18.9 Å². The summed E-state index contributed by atoms with van der Waals surface area (Å²) in [6, 6.07) is 7.51. The zero-order valence-electron chi connectivity index (χ0n) is 14.2. The summed E-state index contributed by atoms with van der Waals surface area (Å²) >= 11 is 0. The predicted molar refractivity (Wildman–Crippen MR) is 87.1 cm³/mol. The molecule has 0 N–H and O–H groups in total. The van der Waals surface area contributed by atoms with Crippen molar-refractivity contribution in [2.75, 3.05) is 41.5 Å². The molecule has 0 radical (unpaired) electrons. The van der Waals surface area contributed by atoms with Crippen molar-refractivity contribution in [2.24, 2.45) is 0 Å². The Labute approximate surface area is 137 Å². The molecule has 0 heterocycles. The van der Waals surface area contributed by atoms with Crippen molar-refractivity contribution in [3.8, 4) is 5.75 Å². The van der Waals surface area contributed by atoms with Crippen LogP contribution < -0.4 is 4.74 Å². The summed E-state index contributed by atoms with van der Waals surface area (Å²) in [6.07, 6.45) is 1.77. The van der Waals surface area contributed by atoms with Gasteiger partial charge >= 0.3 is 5.97 Å². The molecule has 0 atom stereocenters. The summed E-state index contributed by atoms with van der Waals surface area (Å²) in [5, 5.41) is 0. The highest BCUT2D eigenvalue weighted by Crippen LogP contribution is 2.35. The molecule has 1 aromatic rings. The Morgan fingerprint density at radius 2 is 1.91 bits per heavy atom. The highest BCUT2D eigenvalue weighted by Gasteiger charge is 2.39. The first-order valence-corrected chi connectivity index (χ1v) is 7.30. The maximum absolute atomic E-state index is 11.1. The standard InChI is InChI=1S/C17H25NO5/c1-6-16(19)23-13-9-12-18(2)17(21-4,22-5)14-10-7-8-11-15(14)20-3/h6-8,10-11H,1,9,12-13H2,2-5H3. The summed E-state index contributed by atoms with van der Waals surface area (Å²) in [7, 11) is 6.62. The maximum Gasteiger partial charge on any atom is 0.330 e. The molecule has 0 aromatic heterocycles. The zero-order chi connectivity index (χ0) is 17.3. The van der Waals surface area contributed by atoms with Gasteiger partial charge in [-0.25, -0.2) is 4.79 Å². The van der Waals surface area contributed by atoms with Crippen LogP contribution in [-0.4, -0.2) is 52.4 Å². The van der Waals surface area contributed by atoms with E-state index in [-0.39, 0.29) is 0 Å². The molecule has 0 unspecified atom stereocenters. The number of para-hydroxylation sites is 1. The number of nitrogens with zero attached hydrogens (tertiary/aromatic N) is 1. The molecular weight excluding hydrogens is 298 g/mol. The third kappa shape index (κ3) is 4.54. The summed E-state index contributed by atoms with van der Waals surface area (Å²) < 4.78 is 21.7. The van der Waals surface area contributed by atoms with E-state index in [1.54, 1.807) is 21.3 Å². The van der Waals surface area contributed by atoms with Crippen LogP contribution >= 0.6 is 0 Å². The van der Waals surface area contributed by atoms with E-state index in [1.807, 2.05) is 36.2 Å². The van der Waals surface area contributed by atoms with Crippen molar-refractivity contribution in [3.05, 3.63) is 42.5 Å². The summed E-state index contributed by atoms with van der Waals surface area (Å²) in [5.41, 5.74) is 0.762. The highest BCUT2D eigenvalue weighted by atomic mass is 16.7. The number of esters is 1. The molecular formula is C17H25NO5. The van der Waals surface area contributed by atoms with E-state index in [2.05, 4.69) is 6.58 Å². The minimum Gasteiger partial charge on any atom is -0.496 e. The summed E-state index contributed by atoms with van der Waals surface area (Å²) in [4.78, 5) is 12.9. The molecule has 128 valence electrons. The van der Waals surface area contributed by atoms with Crippen molar-refractivity contribution < 1.29 is 23.7 Å². The quantitative estimate of drug-likeness (QED) is 0.285. The number of carbonyl (C=O) groups is 1. The molecule has 0 aliphatic carbocycles. The lowest BCUT2D eigenvalue weighted by Crippen LogP contribution is -2.47. The van der Waals surface area contributed by atoms with Crippen molar-refractivity contribution >= 4 is 5.97 Å². The van der Waals surface area contributed by atoms with Gasteiger partial charge in [-0.05, 0) is 25.6 Å². The van der Waals surface area contributed by atoms with E-state index in [9.17, 15) is 4.79 Å². The number of benzene rings is 1. The number of hydrogen-bond donors (Lipinski definition) is 0. The first-order valence-electron chi connectivity index (χ1n) is 7.30. The highest BCUT2D eigenvalue weighted by molar-refractivity contribution is 5.81. The Balaban J connectivity index is 2.87. The van der Waals surface area contributed by atoms with E-state index in [0.717, 1.165) is 11.6 Å². The molecule has 0 spiro atoms. The van der Waals surface area contributed by atoms with Gasteiger partial charge in [0.1, 0.15) is 5.75 Å². The number of rotatable bonds is 10. The Bertz CT molecular complexity index is 513. The Morgan fingerprint density at radius 3 is 2.48 bits per heavy atom. The fourth-order valence-electron chi connectivity index (χ4n) is 2.41. The average molecular weight is 323 g/mol. The number of carbonyl (C=O) groups excluding carboxylic acids is 1. The van der Waals surface area contributed by atoms with Crippen molar-refractivity contribution in [3.63, 3.8) is 0 Å². The number of methoxy groups -OCH3 is 3. The van der Waals surface area contributed by atoms with Crippen LogP contribution in [0, 0.1) is 0 Å². The second-order valence-electron chi connectivity index (χ2n) is 4.84. The van der Waals surface area contributed by atoms with Gasteiger partial charge in [0.2, 0.25) is 0 Å². The molecule has 0 amide bonds. The first kappa shape index (κ1) is 19.2. The fourth-order valence-corrected chi connectivity index (χ4v) is 2.41. The topological polar surface area (TPSA) is 57.2 Å². The van der Waals surface area contributed by atoms with Crippen LogP contribution in [0.1, 0.15) is 12.0 Å². The van der Waals surface area contributed by atoms with E-state index in [0.29, 0.717) is 25.3 Å². The second-order valence-corrected chi connectivity index (χ2v) is 4.84. The van der Waals surface area contributed by atoms with Gasteiger partial charge in [0, 0.05) is 26.8 Å². The Kier molecular flexibility index (Phi) is 7.74. The van der Waals surface area contributed by atoms with Crippen molar-refractivity contribution in [1.82, 2.24) is 4.90 Å². The van der Waals surface area contributed by atoms with Crippen LogP contribution in [0.3, 0.4) is 0 Å². The largest absolute Gasteiger partial charge is 0.496 e. The third-order valence-electron chi connectivity index (χ3n) is 3.55. The monoisotopic (exact) mass is 323 g/mol. The molecule has 23 heavy (non-hydrogen) atoms. The predicted octanol–water partition coefficient (Wildman–Crippen LogP) is 2.15. The minimum absolute atomic E-state index is 0.296. The average Bonchev–Trinajstić information content (AvgIpc) is 2.60. The Hall–Kier alpha value is -1.89. The number of ether oxygens (including phenoxy) is 4. The van der Waals surface area contributed by atoms with Crippen LogP contribution in [0.15, 0.2) is 36.9 Å². The van der Waals surface area contributed by atoms with Crippen LogP contribution in [0.5, 0.6) is 5.75 Å². The van der Waals surface area contributed by atoms with Gasteiger partial charge in [-0.2, -0.15) is 0 Å². The van der Waals surface area contributed by atoms with Crippen LogP contribution in [-0.2, 0) is 24.9 Å². The van der Waals surface area contributed by atoms with Crippen LogP contribution in [0.2, 0.25) is 0 Å². The zero-order valence-corrected chi connectivity index (χ0v) is 14.2. The van der Waals surface area contributed by atoms with E-state index >= 15 is 0 Å². The fraction of sp³-hybridized carbons (Fsp3) is 0.471. The molecule has 0 aliphatic rings. The van der Waals surface area contributed by atoms with E-state index < -0.39 is 11.9 Å². The molecule has 0 aliphatic heterocycles. The molecule has 0 fully saturated rings. The molecule has 6 heteroatoms. The number of hydrogen-bond acceptors (Lipinski definition) is 6. The van der Waals surface area contributed by atoms with Gasteiger partial charge in [0.05, 0.1) is 19.3 Å². The Morgan fingerprint density at radius 1 is 1.26 bits per heavy atom.